The van der Waals surface area contributed by atoms with E-state index in [2.05, 4.69) is 21.3 Å². The van der Waals surface area contributed by atoms with Crippen LogP contribution in [0.4, 0.5) is 39.8 Å². The number of methoxy groups -OCH3 is 4. The Bertz CT molecular complexity index is 3100. The smallest absolute Gasteiger partial charge is 0.308 e. The number of hydrogen-bond donors (Lipinski definition) is 5. The van der Waals surface area contributed by atoms with Crippen LogP contribution in [0, 0.1) is 70.2 Å². The lowest BCUT2D eigenvalue weighted by atomic mass is 9.78. The van der Waals surface area contributed by atoms with E-state index >= 15 is 0 Å². The highest BCUT2D eigenvalue weighted by atomic mass is 19.2. The molecule has 5 N–H and O–H groups in total. The highest BCUT2D eigenvalue weighted by Crippen LogP contribution is 2.42. The van der Waals surface area contributed by atoms with Gasteiger partial charge in [0.25, 0.3) is 0 Å². The normalized spacial score (nSPS) is 20.9. The summed E-state index contributed by atoms with van der Waals surface area (Å²) in [4.78, 5) is 94.2. The van der Waals surface area contributed by atoms with E-state index in [1.54, 1.807) is 62.3 Å². The van der Waals surface area contributed by atoms with Crippen molar-refractivity contribution < 1.29 is 116 Å². The summed E-state index contributed by atoms with van der Waals surface area (Å²) in [5.41, 5.74) is -2.91. The third-order valence-electron chi connectivity index (χ3n) is 15.5. The van der Waals surface area contributed by atoms with Crippen molar-refractivity contribution in [3.05, 3.63) is 117 Å². The topological polar surface area (TPSA) is 270 Å². The number of carboxylic acids is 1. The summed E-state index contributed by atoms with van der Waals surface area (Å²) >= 11 is 0. The monoisotopic (exact) mass is 1370 g/mol. The summed E-state index contributed by atoms with van der Waals surface area (Å²) < 4.78 is 150. The number of piperidine rings is 4. The van der Waals surface area contributed by atoms with E-state index in [4.69, 9.17) is 38.3 Å². The van der Waals surface area contributed by atoms with E-state index < -0.39 is 140 Å². The van der Waals surface area contributed by atoms with Crippen LogP contribution in [0.3, 0.4) is 0 Å². The van der Waals surface area contributed by atoms with Crippen LogP contribution < -0.4 is 40.2 Å². The molecule has 96 heavy (non-hydrogen) atoms. The number of aliphatic carboxylic acids is 1. The molecule has 4 aromatic rings. The molecule has 530 valence electrons. The highest BCUT2D eigenvalue weighted by molar-refractivity contribution is 5.83. The van der Waals surface area contributed by atoms with Crippen molar-refractivity contribution in [1.29, 1.82) is 0 Å². The fourth-order valence-electron chi connectivity index (χ4n) is 11.4. The Balaban J connectivity index is 0.000000272. The summed E-state index contributed by atoms with van der Waals surface area (Å²) in [6, 6.07) is 8.43. The molecule has 0 aromatic heterocycles. The number of carbonyl (C=O) groups excluding carboxylic acids is 7. The molecule has 4 amide bonds. The molecule has 4 fully saturated rings. The van der Waals surface area contributed by atoms with Gasteiger partial charge < -0.3 is 59.5 Å². The maximum atomic E-state index is 14.4. The minimum Gasteiger partial charge on any atom is -0.497 e. The van der Waals surface area contributed by atoms with Gasteiger partial charge in [-0.05, 0) is 80.1 Å². The maximum absolute atomic E-state index is 14.4. The number of hydrogen-bond acceptors (Lipinski definition) is 15. The van der Waals surface area contributed by atoms with Crippen LogP contribution in [-0.4, -0.2) is 124 Å². The largest absolute Gasteiger partial charge is 0.497 e. The average molecular weight is 1370 g/mol. The van der Waals surface area contributed by atoms with Gasteiger partial charge in [0.1, 0.15) is 86.3 Å². The first-order chi connectivity index (χ1) is 44.2. The van der Waals surface area contributed by atoms with E-state index in [9.17, 15) is 73.5 Å². The van der Waals surface area contributed by atoms with Gasteiger partial charge in [-0.25, -0.2) is 35.1 Å². The second kappa shape index (κ2) is 34.2. The van der Waals surface area contributed by atoms with E-state index in [1.165, 1.54) is 28.4 Å². The second-order valence-corrected chi connectivity index (χ2v) is 26.1. The molecule has 0 radical (unpaired) electrons. The zero-order chi connectivity index (χ0) is 71.2. The number of ether oxygens (including phenoxy) is 7. The predicted molar refractivity (Wildman–Crippen MR) is 329 cm³/mol. The Morgan fingerprint density at radius 1 is 0.385 bits per heavy atom. The van der Waals surface area contributed by atoms with Gasteiger partial charge in [-0.15, -0.1) is 0 Å². The predicted octanol–water partition coefficient (Wildman–Crippen LogP) is 10.2. The molecule has 0 aliphatic carbocycles. The summed E-state index contributed by atoms with van der Waals surface area (Å²) in [5, 5.41) is 19.4. The second-order valence-electron chi connectivity index (χ2n) is 26.1. The van der Waals surface area contributed by atoms with Crippen LogP contribution >= 0.6 is 0 Å². The minimum atomic E-state index is -1.20. The summed E-state index contributed by atoms with van der Waals surface area (Å²) in [7, 11) is 5.20. The zero-order valence-corrected chi connectivity index (χ0v) is 55.5. The van der Waals surface area contributed by atoms with E-state index in [0.29, 0.717) is 0 Å². The molecule has 4 aliphatic heterocycles. The van der Waals surface area contributed by atoms with Crippen LogP contribution in [0.5, 0.6) is 23.0 Å². The van der Waals surface area contributed by atoms with E-state index in [-0.39, 0.29) is 139 Å². The highest BCUT2D eigenvalue weighted by Gasteiger charge is 2.42. The molecule has 6 unspecified atom stereocenters. The number of halogens is 9. The first-order valence-corrected chi connectivity index (χ1v) is 30.3. The summed E-state index contributed by atoms with van der Waals surface area (Å²) in [5.74, 6) is -16.0. The lowest BCUT2D eigenvalue weighted by Gasteiger charge is -2.32. The molecule has 4 heterocycles. The van der Waals surface area contributed by atoms with Crippen molar-refractivity contribution in [2.24, 2.45) is 23.7 Å². The van der Waals surface area contributed by atoms with Gasteiger partial charge in [0.05, 0.1) is 53.6 Å². The first-order valence-electron chi connectivity index (χ1n) is 30.3. The van der Waals surface area contributed by atoms with Gasteiger partial charge in [0.15, 0.2) is 0 Å². The number of carboxylic acid groups (broad SMARTS) is 1. The zero-order valence-electron chi connectivity index (χ0n) is 55.5. The van der Waals surface area contributed by atoms with Gasteiger partial charge in [-0.3, -0.25) is 43.1 Å². The van der Waals surface area contributed by atoms with Crippen molar-refractivity contribution in [3.63, 3.8) is 0 Å². The number of benzene rings is 4. The number of rotatable bonds is 15. The lowest BCUT2D eigenvalue weighted by molar-refractivity contribution is -0.157. The Kier molecular flexibility index (Phi) is 28.4. The van der Waals surface area contributed by atoms with Crippen LogP contribution in [0.25, 0.3) is 0 Å². The van der Waals surface area contributed by atoms with Crippen LogP contribution in [0.2, 0.25) is 0 Å². The molecule has 20 nitrogen and oxygen atoms in total. The summed E-state index contributed by atoms with van der Waals surface area (Å²) in [6.45, 7) is 16.0. The molecular weight excluding hydrogens is 1290 g/mol. The molecular formula is C67H83F9N4O16. The Labute approximate surface area is 549 Å². The number of nitrogens with one attached hydrogen (secondary N) is 4. The van der Waals surface area contributed by atoms with Crippen molar-refractivity contribution >= 4 is 47.5 Å². The molecule has 4 aromatic carbocycles. The molecule has 0 spiro atoms. The van der Waals surface area contributed by atoms with Crippen molar-refractivity contribution in [3.8, 4) is 23.0 Å². The van der Waals surface area contributed by atoms with Crippen LogP contribution in [0.1, 0.15) is 153 Å². The molecule has 0 saturated carbocycles. The van der Waals surface area contributed by atoms with Gasteiger partial charge in [-0.2, -0.15) is 0 Å². The van der Waals surface area contributed by atoms with Crippen molar-refractivity contribution in [2.75, 3.05) is 54.6 Å². The van der Waals surface area contributed by atoms with Crippen molar-refractivity contribution in [2.45, 2.75) is 148 Å². The molecule has 0 bridgehead atoms. The minimum absolute atomic E-state index is 0. The lowest BCUT2D eigenvalue weighted by Crippen LogP contribution is -2.43. The summed E-state index contributed by atoms with van der Waals surface area (Å²) in [6.07, 6.45) is -0.639. The number of esters is 3. The van der Waals surface area contributed by atoms with Crippen molar-refractivity contribution in [1.82, 2.24) is 21.3 Å². The quantitative estimate of drug-likeness (QED) is 0.0421. The third-order valence-corrected chi connectivity index (χ3v) is 15.5. The fourth-order valence-corrected chi connectivity index (χ4v) is 11.4. The number of amides is 4. The van der Waals surface area contributed by atoms with Crippen LogP contribution in [0.15, 0.2) is 48.5 Å². The van der Waals surface area contributed by atoms with Crippen LogP contribution in [-0.2, 0) is 52.6 Å². The third kappa shape index (κ3) is 23.0. The van der Waals surface area contributed by atoms with Gasteiger partial charge in [0, 0.05) is 146 Å². The average Bonchev–Trinajstić information content (AvgIpc) is 0.815. The Hall–Kier alpha value is -8.79. The Morgan fingerprint density at radius 2 is 0.583 bits per heavy atom. The molecule has 29 heteroatoms. The maximum Gasteiger partial charge on any atom is 0.308 e. The van der Waals surface area contributed by atoms with E-state index in [0.717, 1.165) is 48.5 Å². The molecule has 4 aliphatic rings. The Morgan fingerprint density at radius 3 is 0.781 bits per heavy atom. The molecule has 8 atom stereocenters. The first kappa shape index (κ1) is 79.6. The standard InChI is InChI=1S/3C18H23F2NO4.C13H13F2NO4.FH/c3*1-18(2,3)25-16(23)5-10-9-21-15(22)8-12(10)17-13(19)6-11(24-4)7-14(17)20;1-20-6-2-9(14)12(10(15)3-6)7-4-11(17)16-5-8(7)13(18)19;/h3*6-7,10,12H,5,8-9H2,1-4H3,(H,21,22);2-3,7-8H,4-5H2,1H3,(H,16,17)(H,18,19);1H/t10-,12?;;;7?,8-;/m1..1./s1. The van der Waals surface area contributed by atoms with Gasteiger partial charge in [0.2, 0.25) is 23.6 Å². The van der Waals surface area contributed by atoms with Gasteiger partial charge >= 0.3 is 23.9 Å². The van der Waals surface area contributed by atoms with Gasteiger partial charge in [-0.1, -0.05) is 0 Å². The number of carbonyl (C=O) groups is 8. The SMILES string of the molecule is COc1cc(F)c(C2CC(=O)NCC2CC(=O)OC(C)(C)C)c(F)c1.COc1cc(F)c(C2CC(=O)NCC2CC(=O)OC(C)(C)C)c(F)c1.COc1cc(F)c(C2CC(=O)NC[C@H]2C(=O)O)c(F)c1.COc1cc(F)c(C2CC(=O)NC[C@H]2CC(=O)OC(C)(C)C)c(F)c1.F. The fraction of sp³-hybridized carbons (Fsp3) is 0.522. The molecule has 4 saturated heterocycles. The van der Waals surface area contributed by atoms with E-state index in [1.807, 2.05) is 0 Å². The molecule has 8 rings (SSSR count).